The van der Waals surface area contributed by atoms with E-state index in [1.54, 1.807) is 12.1 Å². The van der Waals surface area contributed by atoms with Crippen LogP contribution < -0.4 is 0 Å². The molecule has 0 aliphatic heterocycles. The standard InChI is InChI=1S/C13H18O2S/c1-5-7-12-11(10(2)3)8-6-9-13(12)16(4,14)15/h5-10H,1-4H3/b7-5-. The lowest BCUT2D eigenvalue weighted by atomic mass is 9.97. The van der Waals surface area contributed by atoms with E-state index < -0.39 is 9.84 Å². The number of hydrogen-bond acceptors (Lipinski definition) is 2. The van der Waals surface area contributed by atoms with E-state index in [9.17, 15) is 8.42 Å². The van der Waals surface area contributed by atoms with Gasteiger partial charge in [0.1, 0.15) is 0 Å². The van der Waals surface area contributed by atoms with Crippen LogP contribution in [0.5, 0.6) is 0 Å². The Hall–Kier alpha value is -1.09. The fourth-order valence-corrected chi connectivity index (χ4v) is 2.64. The molecule has 0 bridgehead atoms. The summed E-state index contributed by atoms with van der Waals surface area (Å²) in [6.45, 7) is 6.02. The molecule has 0 spiro atoms. The third-order valence-corrected chi connectivity index (χ3v) is 3.61. The number of benzene rings is 1. The largest absolute Gasteiger partial charge is 0.224 e. The molecule has 0 aliphatic carbocycles. The van der Waals surface area contributed by atoms with Crippen LogP contribution in [-0.4, -0.2) is 14.7 Å². The first-order valence-corrected chi connectivity index (χ1v) is 7.22. The van der Waals surface area contributed by atoms with Crippen LogP contribution in [0.4, 0.5) is 0 Å². The predicted octanol–water partition coefficient (Wildman–Crippen LogP) is 3.25. The lowest BCUT2D eigenvalue weighted by molar-refractivity contribution is 0.601. The Balaban J connectivity index is 3.58. The first kappa shape index (κ1) is 13.0. The minimum atomic E-state index is -3.16. The van der Waals surface area contributed by atoms with Gasteiger partial charge in [0.2, 0.25) is 0 Å². The minimum Gasteiger partial charge on any atom is -0.224 e. The van der Waals surface area contributed by atoms with Gasteiger partial charge in [0, 0.05) is 6.26 Å². The number of sulfone groups is 1. The first-order chi connectivity index (χ1) is 7.38. The SMILES string of the molecule is C/C=C\c1c(C(C)C)cccc1S(C)(=O)=O. The molecule has 88 valence electrons. The van der Waals surface area contributed by atoms with E-state index in [1.807, 2.05) is 25.1 Å². The average Bonchev–Trinajstić information content (AvgIpc) is 2.16. The van der Waals surface area contributed by atoms with E-state index in [2.05, 4.69) is 13.8 Å². The van der Waals surface area contributed by atoms with Gasteiger partial charge < -0.3 is 0 Å². The highest BCUT2D eigenvalue weighted by Crippen LogP contribution is 2.26. The number of hydrogen-bond donors (Lipinski definition) is 0. The van der Waals surface area contributed by atoms with Gasteiger partial charge in [-0.25, -0.2) is 8.42 Å². The quantitative estimate of drug-likeness (QED) is 0.810. The molecule has 0 unspecified atom stereocenters. The van der Waals surface area contributed by atoms with E-state index in [0.29, 0.717) is 10.8 Å². The highest BCUT2D eigenvalue weighted by molar-refractivity contribution is 7.90. The fourth-order valence-electron chi connectivity index (χ4n) is 1.73. The van der Waals surface area contributed by atoms with Crippen LogP contribution >= 0.6 is 0 Å². The van der Waals surface area contributed by atoms with Gasteiger partial charge in [-0.2, -0.15) is 0 Å². The minimum absolute atomic E-state index is 0.313. The van der Waals surface area contributed by atoms with E-state index in [-0.39, 0.29) is 0 Å². The molecule has 0 saturated heterocycles. The fraction of sp³-hybridized carbons (Fsp3) is 0.385. The molecule has 0 N–H and O–H groups in total. The third-order valence-electron chi connectivity index (χ3n) is 2.45. The molecule has 1 rings (SSSR count). The molecule has 0 fully saturated rings. The summed E-state index contributed by atoms with van der Waals surface area (Å²) in [6, 6.07) is 5.45. The zero-order valence-electron chi connectivity index (χ0n) is 10.2. The van der Waals surface area contributed by atoms with Gasteiger partial charge in [0.25, 0.3) is 0 Å². The van der Waals surface area contributed by atoms with E-state index in [4.69, 9.17) is 0 Å². The highest BCUT2D eigenvalue weighted by Gasteiger charge is 2.15. The van der Waals surface area contributed by atoms with Crippen LogP contribution in [0, 0.1) is 0 Å². The van der Waals surface area contributed by atoms with Gasteiger partial charge in [0.05, 0.1) is 4.90 Å². The molecule has 0 saturated carbocycles. The maximum atomic E-state index is 11.7. The smallest absolute Gasteiger partial charge is 0.176 e. The Morgan fingerprint density at radius 1 is 1.25 bits per heavy atom. The van der Waals surface area contributed by atoms with E-state index >= 15 is 0 Å². The molecule has 0 heterocycles. The van der Waals surface area contributed by atoms with Crippen molar-refractivity contribution >= 4 is 15.9 Å². The Morgan fingerprint density at radius 3 is 2.31 bits per heavy atom. The normalized spacial score (nSPS) is 12.6. The lowest BCUT2D eigenvalue weighted by Gasteiger charge is -2.13. The first-order valence-electron chi connectivity index (χ1n) is 5.33. The zero-order valence-corrected chi connectivity index (χ0v) is 11.0. The summed E-state index contributed by atoms with van der Waals surface area (Å²) in [6.07, 6.45) is 4.99. The Kier molecular flexibility index (Phi) is 3.92. The van der Waals surface area contributed by atoms with E-state index in [1.165, 1.54) is 6.26 Å². The molecule has 0 aromatic heterocycles. The summed E-state index contributed by atoms with van der Waals surface area (Å²) in [5.74, 6) is 0.313. The number of allylic oxidation sites excluding steroid dienone is 1. The molecule has 0 amide bonds. The summed E-state index contributed by atoms with van der Waals surface area (Å²) in [5, 5.41) is 0. The van der Waals surface area contributed by atoms with Crippen molar-refractivity contribution in [1.29, 1.82) is 0 Å². The molecule has 0 radical (unpaired) electrons. The Labute approximate surface area is 97.9 Å². The van der Waals surface area contributed by atoms with Gasteiger partial charge in [-0.15, -0.1) is 0 Å². The molecule has 1 aromatic rings. The zero-order chi connectivity index (χ0) is 12.3. The molecule has 0 aliphatic rings. The van der Waals surface area contributed by atoms with Crippen molar-refractivity contribution in [2.75, 3.05) is 6.26 Å². The van der Waals surface area contributed by atoms with Gasteiger partial charge in [-0.1, -0.05) is 38.1 Å². The molecule has 0 atom stereocenters. The van der Waals surface area contributed by atoms with Crippen molar-refractivity contribution in [2.24, 2.45) is 0 Å². The molecule has 3 heteroatoms. The maximum absolute atomic E-state index is 11.7. The van der Waals surface area contributed by atoms with Crippen molar-refractivity contribution in [2.45, 2.75) is 31.6 Å². The predicted molar refractivity (Wildman–Crippen MR) is 68.3 cm³/mol. The molecule has 2 nitrogen and oxygen atoms in total. The van der Waals surface area contributed by atoms with Crippen molar-refractivity contribution in [3.05, 3.63) is 35.4 Å². The maximum Gasteiger partial charge on any atom is 0.176 e. The van der Waals surface area contributed by atoms with Crippen LogP contribution in [-0.2, 0) is 9.84 Å². The van der Waals surface area contributed by atoms with Gasteiger partial charge >= 0.3 is 0 Å². The van der Waals surface area contributed by atoms with Crippen LogP contribution in [0.1, 0.15) is 37.8 Å². The lowest BCUT2D eigenvalue weighted by Crippen LogP contribution is -2.03. The van der Waals surface area contributed by atoms with Crippen LogP contribution in [0.25, 0.3) is 6.08 Å². The average molecular weight is 238 g/mol. The highest BCUT2D eigenvalue weighted by atomic mass is 32.2. The van der Waals surface area contributed by atoms with Crippen molar-refractivity contribution in [3.8, 4) is 0 Å². The molecule has 16 heavy (non-hydrogen) atoms. The Morgan fingerprint density at radius 2 is 1.88 bits per heavy atom. The van der Waals surface area contributed by atoms with Crippen molar-refractivity contribution in [1.82, 2.24) is 0 Å². The van der Waals surface area contributed by atoms with Gasteiger partial charge in [0.15, 0.2) is 9.84 Å². The van der Waals surface area contributed by atoms with Crippen LogP contribution in [0.3, 0.4) is 0 Å². The summed E-state index contributed by atoms with van der Waals surface area (Å²) in [5.41, 5.74) is 1.89. The van der Waals surface area contributed by atoms with Gasteiger partial charge in [-0.3, -0.25) is 0 Å². The summed E-state index contributed by atoms with van der Waals surface area (Å²) in [7, 11) is -3.16. The van der Waals surface area contributed by atoms with Gasteiger partial charge in [-0.05, 0) is 30.0 Å². The monoisotopic (exact) mass is 238 g/mol. The second kappa shape index (κ2) is 4.83. The Bertz CT molecular complexity index is 497. The van der Waals surface area contributed by atoms with Crippen LogP contribution in [0.15, 0.2) is 29.2 Å². The molecular weight excluding hydrogens is 220 g/mol. The molecule has 1 aromatic carbocycles. The summed E-state index contributed by atoms with van der Waals surface area (Å²) >= 11 is 0. The van der Waals surface area contributed by atoms with Crippen molar-refractivity contribution in [3.63, 3.8) is 0 Å². The number of rotatable bonds is 3. The summed E-state index contributed by atoms with van der Waals surface area (Å²) < 4.78 is 23.3. The second-order valence-electron chi connectivity index (χ2n) is 4.19. The van der Waals surface area contributed by atoms with E-state index in [0.717, 1.165) is 11.1 Å². The third kappa shape index (κ3) is 2.73. The van der Waals surface area contributed by atoms with Crippen LogP contribution in [0.2, 0.25) is 0 Å². The van der Waals surface area contributed by atoms with Crippen molar-refractivity contribution < 1.29 is 8.42 Å². The summed E-state index contributed by atoms with van der Waals surface area (Å²) in [4.78, 5) is 0.414. The molecular formula is C13H18O2S. The topological polar surface area (TPSA) is 34.1 Å². The second-order valence-corrected chi connectivity index (χ2v) is 6.17.